The van der Waals surface area contributed by atoms with Gasteiger partial charge < -0.3 is 9.64 Å². The molecule has 0 bridgehead atoms. The normalized spacial score (nSPS) is 22.1. The van der Waals surface area contributed by atoms with Crippen molar-refractivity contribution in [3.8, 4) is 0 Å². The van der Waals surface area contributed by atoms with Gasteiger partial charge in [-0.05, 0) is 13.0 Å². The Morgan fingerprint density at radius 3 is 2.88 bits per heavy atom. The lowest BCUT2D eigenvalue weighted by Crippen LogP contribution is -2.47. The van der Waals surface area contributed by atoms with Gasteiger partial charge in [0.1, 0.15) is 0 Å². The molecule has 1 fully saturated rings. The number of likely N-dealkylation sites (N-methyl/N-ethyl adjacent to an activating group) is 1. The zero-order chi connectivity index (χ0) is 12.0. The average Bonchev–Trinajstić information content (AvgIpc) is 2.29. The summed E-state index contributed by atoms with van der Waals surface area (Å²) in [6.45, 7) is 8.70. The Hall–Kier alpha value is -0.610. The molecule has 0 aromatic rings. The van der Waals surface area contributed by atoms with Crippen LogP contribution < -0.4 is 0 Å². The molecule has 0 spiro atoms. The molecule has 1 aliphatic rings. The third kappa shape index (κ3) is 4.10. The van der Waals surface area contributed by atoms with Crippen molar-refractivity contribution < 1.29 is 9.53 Å². The smallest absolute Gasteiger partial charge is 0.222 e. The van der Waals surface area contributed by atoms with Crippen molar-refractivity contribution >= 4 is 5.91 Å². The monoisotopic (exact) mass is 228 g/mol. The van der Waals surface area contributed by atoms with Gasteiger partial charge in [0.25, 0.3) is 0 Å². The van der Waals surface area contributed by atoms with E-state index < -0.39 is 0 Å². The van der Waals surface area contributed by atoms with Crippen molar-refractivity contribution in [2.45, 2.75) is 32.8 Å². The second-order valence-corrected chi connectivity index (χ2v) is 4.42. The van der Waals surface area contributed by atoms with Gasteiger partial charge >= 0.3 is 0 Å². The summed E-state index contributed by atoms with van der Waals surface area (Å²) in [5.74, 6) is 0.191. The minimum absolute atomic E-state index is 0.181. The molecule has 1 heterocycles. The molecular weight excluding hydrogens is 204 g/mol. The van der Waals surface area contributed by atoms with Gasteiger partial charge in [-0.2, -0.15) is 0 Å². The Morgan fingerprint density at radius 2 is 2.25 bits per heavy atom. The summed E-state index contributed by atoms with van der Waals surface area (Å²) in [7, 11) is 1.86. The largest absolute Gasteiger partial charge is 0.374 e. The first-order valence-electron chi connectivity index (χ1n) is 6.25. The second-order valence-electron chi connectivity index (χ2n) is 4.42. The molecule has 1 aliphatic heterocycles. The van der Waals surface area contributed by atoms with E-state index in [4.69, 9.17) is 4.74 Å². The molecule has 1 unspecified atom stereocenters. The van der Waals surface area contributed by atoms with Crippen LogP contribution in [0.1, 0.15) is 26.7 Å². The van der Waals surface area contributed by atoms with E-state index in [9.17, 15) is 4.79 Å². The van der Waals surface area contributed by atoms with Crippen LogP contribution in [0, 0.1) is 0 Å². The fourth-order valence-electron chi connectivity index (χ4n) is 2.09. The summed E-state index contributed by atoms with van der Waals surface area (Å²) in [5.41, 5.74) is 0. The molecule has 1 amide bonds. The molecular formula is C12H24N2O2. The van der Waals surface area contributed by atoms with Crippen molar-refractivity contribution in [1.29, 1.82) is 0 Å². The first-order valence-corrected chi connectivity index (χ1v) is 6.25. The zero-order valence-electron chi connectivity index (χ0n) is 10.7. The molecule has 1 atom stereocenters. The first-order chi connectivity index (χ1) is 7.67. The predicted octanol–water partition coefficient (Wildman–Crippen LogP) is 0.966. The van der Waals surface area contributed by atoms with E-state index >= 15 is 0 Å². The van der Waals surface area contributed by atoms with Crippen LogP contribution in [0.15, 0.2) is 0 Å². The average molecular weight is 228 g/mol. The topological polar surface area (TPSA) is 32.8 Å². The SMILES string of the molecule is CCCN1CCOC(CN(C)C(=O)CC)C1. The second kappa shape index (κ2) is 6.86. The van der Waals surface area contributed by atoms with Gasteiger partial charge in [0, 0.05) is 33.1 Å². The van der Waals surface area contributed by atoms with Crippen molar-refractivity contribution in [2.24, 2.45) is 0 Å². The van der Waals surface area contributed by atoms with Crippen LogP contribution >= 0.6 is 0 Å². The van der Waals surface area contributed by atoms with E-state index in [0.717, 1.165) is 26.2 Å². The maximum absolute atomic E-state index is 11.4. The number of nitrogens with zero attached hydrogens (tertiary/aromatic N) is 2. The van der Waals surface area contributed by atoms with Gasteiger partial charge in [0.15, 0.2) is 0 Å². The van der Waals surface area contributed by atoms with Gasteiger partial charge in [-0.1, -0.05) is 13.8 Å². The number of hydrogen-bond acceptors (Lipinski definition) is 3. The maximum Gasteiger partial charge on any atom is 0.222 e. The molecule has 94 valence electrons. The quantitative estimate of drug-likeness (QED) is 0.703. The van der Waals surface area contributed by atoms with Gasteiger partial charge in [-0.3, -0.25) is 9.69 Å². The molecule has 4 heteroatoms. The van der Waals surface area contributed by atoms with Crippen LogP contribution in [0.5, 0.6) is 0 Å². The molecule has 0 radical (unpaired) electrons. The standard InChI is InChI=1S/C12H24N2O2/c1-4-6-14-7-8-16-11(10-14)9-13(3)12(15)5-2/h11H,4-10H2,1-3H3. The molecule has 1 rings (SSSR count). The van der Waals surface area contributed by atoms with Crippen molar-refractivity contribution in [3.63, 3.8) is 0 Å². The van der Waals surface area contributed by atoms with E-state index in [2.05, 4.69) is 11.8 Å². The Kier molecular flexibility index (Phi) is 5.77. The fourth-order valence-corrected chi connectivity index (χ4v) is 2.09. The van der Waals surface area contributed by atoms with Crippen molar-refractivity contribution in [3.05, 3.63) is 0 Å². The minimum Gasteiger partial charge on any atom is -0.374 e. The van der Waals surface area contributed by atoms with Crippen LogP contribution in [0.4, 0.5) is 0 Å². The summed E-state index contributed by atoms with van der Waals surface area (Å²) in [4.78, 5) is 15.6. The molecule has 0 saturated carbocycles. The summed E-state index contributed by atoms with van der Waals surface area (Å²) in [6, 6.07) is 0. The molecule has 0 aliphatic carbocycles. The van der Waals surface area contributed by atoms with E-state index in [0.29, 0.717) is 13.0 Å². The van der Waals surface area contributed by atoms with Crippen LogP contribution in [-0.4, -0.2) is 61.6 Å². The van der Waals surface area contributed by atoms with Gasteiger partial charge in [-0.25, -0.2) is 0 Å². The molecule has 0 aromatic carbocycles. The highest BCUT2D eigenvalue weighted by atomic mass is 16.5. The lowest BCUT2D eigenvalue weighted by atomic mass is 10.2. The van der Waals surface area contributed by atoms with Crippen LogP contribution in [0.25, 0.3) is 0 Å². The van der Waals surface area contributed by atoms with Crippen molar-refractivity contribution in [1.82, 2.24) is 9.80 Å². The van der Waals surface area contributed by atoms with Crippen LogP contribution in [0.3, 0.4) is 0 Å². The summed E-state index contributed by atoms with van der Waals surface area (Å²) in [5, 5.41) is 0. The van der Waals surface area contributed by atoms with E-state index in [-0.39, 0.29) is 12.0 Å². The lowest BCUT2D eigenvalue weighted by Gasteiger charge is -2.34. The number of carbonyl (C=O) groups excluding carboxylic acids is 1. The third-order valence-electron chi connectivity index (χ3n) is 2.97. The maximum atomic E-state index is 11.4. The number of carbonyl (C=O) groups is 1. The zero-order valence-corrected chi connectivity index (χ0v) is 10.7. The Labute approximate surface area is 98.5 Å². The van der Waals surface area contributed by atoms with E-state index in [1.807, 2.05) is 14.0 Å². The van der Waals surface area contributed by atoms with Gasteiger partial charge in [0.2, 0.25) is 5.91 Å². The minimum atomic E-state index is 0.181. The number of amides is 1. The van der Waals surface area contributed by atoms with Crippen molar-refractivity contribution in [2.75, 3.05) is 39.8 Å². The van der Waals surface area contributed by atoms with Gasteiger partial charge in [-0.15, -0.1) is 0 Å². The summed E-state index contributed by atoms with van der Waals surface area (Å²) < 4.78 is 5.68. The van der Waals surface area contributed by atoms with Gasteiger partial charge in [0.05, 0.1) is 12.7 Å². The highest BCUT2D eigenvalue weighted by Crippen LogP contribution is 2.07. The molecule has 0 N–H and O–H groups in total. The molecule has 4 nitrogen and oxygen atoms in total. The number of morpholine rings is 1. The van der Waals surface area contributed by atoms with E-state index in [1.165, 1.54) is 6.42 Å². The summed E-state index contributed by atoms with van der Waals surface area (Å²) in [6.07, 6.45) is 1.93. The van der Waals surface area contributed by atoms with Crippen LogP contribution in [0.2, 0.25) is 0 Å². The number of rotatable bonds is 5. The molecule has 0 aromatic heterocycles. The number of ether oxygens (including phenoxy) is 1. The lowest BCUT2D eigenvalue weighted by molar-refractivity contribution is -0.132. The highest BCUT2D eigenvalue weighted by molar-refractivity contribution is 5.75. The third-order valence-corrected chi connectivity index (χ3v) is 2.97. The summed E-state index contributed by atoms with van der Waals surface area (Å²) >= 11 is 0. The Morgan fingerprint density at radius 1 is 1.50 bits per heavy atom. The molecule has 16 heavy (non-hydrogen) atoms. The van der Waals surface area contributed by atoms with E-state index in [1.54, 1.807) is 4.90 Å². The van der Waals surface area contributed by atoms with Crippen LogP contribution in [-0.2, 0) is 9.53 Å². The molecule has 1 saturated heterocycles. The first kappa shape index (κ1) is 13.5. The Bertz CT molecular complexity index is 219. The fraction of sp³-hybridized carbons (Fsp3) is 0.917. The Balaban J connectivity index is 2.33. The predicted molar refractivity (Wildman–Crippen MR) is 64.4 cm³/mol. The highest BCUT2D eigenvalue weighted by Gasteiger charge is 2.22. The number of hydrogen-bond donors (Lipinski definition) is 0.